The number of fused-ring (bicyclic) bond motifs is 1. The Morgan fingerprint density at radius 3 is 2.40 bits per heavy atom. The summed E-state index contributed by atoms with van der Waals surface area (Å²) in [7, 11) is 0. The highest BCUT2D eigenvalue weighted by Gasteiger charge is 2.15. The second kappa shape index (κ2) is 8.08. The number of aromatic nitrogens is 5. The molecule has 2 amide bonds. The van der Waals surface area contributed by atoms with Crippen molar-refractivity contribution in [1.82, 2.24) is 36.0 Å². The standard InChI is InChI=1S/C21H19N7O2/c1-13(2)19-11-17(16-5-3-4-6-18(16)23-19)21(30)25-24-20(29)14-7-9-15(10-8-14)28-12-22-26-27-28/h3-13H,1-2H3,(H,24,29)(H,25,30). The van der Waals surface area contributed by atoms with Gasteiger partial charge in [0.15, 0.2) is 0 Å². The molecule has 0 atom stereocenters. The lowest BCUT2D eigenvalue weighted by Crippen LogP contribution is -2.41. The lowest BCUT2D eigenvalue weighted by Gasteiger charge is -2.12. The Kier molecular flexibility index (Phi) is 5.17. The zero-order chi connectivity index (χ0) is 21.1. The highest BCUT2D eigenvalue weighted by Crippen LogP contribution is 2.22. The molecular formula is C21H19N7O2. The van der Waals surface area contributed by atoms with Crippen molar-refractivity contribution in [2.45, 2.75) is 19.8 Å². The summed E-state index contributed by atoms with van der Waals surface area (Å²) < 4.78 is 1.48. The summed E-state index contributed by atoms with van der Waals surface area (Å²) in [5.41, 5.74) is 8.05. The molecule has 0 aliphatic rings. The molecule has 0 unspecified atom stereocenters. The zero-order valence-corrected chi connectivity index (χ0v) is 16.4. The van der Waals surface area contributed by atoms with E-state index in [2.05, 4.69) is 31.4 Å². The highest BCUT2D eigenvalue weighted by atomic mass is 16.2. The molecule has 0 spiro atoms. The molecule has 2 aromatic heterocycles. The SMILES string of the molecule is CC(C)c1cc(C(=O)NNC(=O)c2ccc(-n3cnnn3)cc2)c2ccccc2n1. The summed E-state index contributed by atoms with van der Waals surface area (Å²) in [5, 5.41) is 11.7. The molecule has 9 nitrogen and oxygen atoms in total. The van der Waals surface area contributed by atoms with E-state index in [-0.39, 0.29) is 5.92 Å². The first-order valence-corrected chi connectivity index (χ1v) is 9.36. The fraction of sp³-hybridized carbons (Fsp3) is 0.143. The molecule has 0 saturated heterocycles. The first-order valence-electron chi connectivity index (χ1n) is 9.36. The van der Waals surface area contributed by atoms with E-state index < -0.39 is 11.8 Å². The first kappa shape index (κ1) is 19.2. The predicted octanol–water partition coefficient (Wildman–Crippen LogP) is 2.41. The van der Waals surface area contributed by atoms with Crippen LogP contribution in [0.1, 0.15) is 46.2 Å². The van der Waals surface area contributed by atoms with Crippen LogP contribution in [0.15, 0.2) is 60.9 Å². The van der Waals surface area contributed by atoms with E-state index >= 15 is 0 Å². The number of carbonyl (C=O) groups excluding carboxylic acids is 2. The van der Waals surface area contributed by atoms with E-state index in [1.165, 1.54) is 11.0 Å². The number of benzene rings is 2. The van der Waals surface area contributed by atoms with Gasteiger partial charge in [-0.3, -0.25) is 25.4 Å². The maximum absolute atomic E-state index is 12.8. The fourth-order valence-corrected chi connectivity index (χ4v) is 2.98. The minimum atomic E-state index is -0.436. The number of nitrogens with zero attached hydrogens (tertiary/aromatic N) is 5. The number of hydrogen-bond donors (Lipinski definition) is 2. The molecule has 150 valence electrons. The van der Waals surface area contributed by atoms with E-state index in [1.807, 2.05) is 38.1 Å². The number of rotatable bonds is 4. The van der Waals surface area contributed by atoms with Gasteiger partial charge in [-0.1, -0.05) is 32.0 Å². The van der Waals surface area contributed by atoms with Crippen molar-refractivity contribution in [1.29, 1.82) is 0 Å². The lowest BCUT2D eigenvalue weighted by molar-refractivity contribution is 0.0847. The minimum absolute atomic E-state index is 0.162. The lowest BCUT2D eigenvalue weighted by atomic mass is 10.0. The van der Waals surface area contributed by atoms with E-state index in [4.69, 9.17) is 0 Å². The smallest absolute Gasteiger partial charge is 0.267 e. The number of pyridine rings is 1. The van der Waals surface area contributed by atoms with Crippen molar-refractivity contribution in [2.75, 3.05) is 0 Å². The Morgan fingerprint density at radius 2 is 1.70 bits per heavy atom. The largest absolute Gasteiger partial charge is 0.270 e. The third kappa shape index (κ3) is 3.86. The molecule has 2 N–H and O–H groups in total. The van der Waals surface area contributed by atoms with E-state index in [9.17, 15) is 9.59 Å². The van der Waals surface area contributed by atoms with Gasteiger partial charge in [-0.05, 0) is 52.7 Å². The van der Waals surface area contributed by atoms with Crippen LogP contribution in [0.2, 0.25) is 0 Å². The molecule has 2 heterocycles. The maximum Gasteiger partial charge on any atom is 0.270 e. The number of nitrogens with one attached hydrogen (secondary N) is 2. The van der Waals surface area contributed by atoms with E-state index in [1.54, 1.807) is 30.3 Å². The molecule has 30 heavy (non-hydrogen) atoms. The molecule has 2 aromatic carbocycles. The molecule has 0 radical (unpaired) electrons. The van der Waals surface area contributed by atoms with Gasteiger partial charge in [0.05, 0.1) is 16.8 Å². The molecule has 0 bridgehead atoms. The second-order valence-corrected chi connectivity index (χ2v) is 6.98. The van der Waals surface area contributed by atoms with Crippen LogP contribution < -0.4 is 10.9 Å². The molecule has 4 rings (SSSR count). The molecule has 0 aliphatic carbocycles. The average molecular weight is 401 g/mol. The average Bonchev–Trinajstić information content (AvgIpc) is 3.31. The van der Waals surface area contributed by atoms with Crippen LogP contribution in [0.4, 0.5) is 0 Å². The Morgan fingerprint density at radius 1 is 0.967 bits per heavy atom. The monoisotopic (exact) mass is 401 g/mol. The topological polar surface area (TPSA) is 115 Å². The van der Waals surface area contributed by atoms with Gasteiger partial charge in [0, 0.05) is 16.6 Å². The van der Waals surface area contributed by atoms with Crippen LogP contribution in [-0.2, 0) is 0 Å². The molecular weight excluding hydrogens is 382 g/mol. The van der Waals surface area contributed by atoms with Crippen molar-refractivity contribution >= 4 is 22.7 Å². The number of hydrazine groups is 1. The molecule has 0 aliphatic heterocycles. The first-order chi connectivity index (χ1) is 14.5. The van der Waals surface area contributed by atoms with Gasteiger partial charge in [0.25, 0.3) is 11.8 Å². The van der Waals surface area contributed by atoms with Crippen LogP contribution in [0.3, 0.4) is 0 Å². The minimum Gasteiger partial charge on any atom is -0.267 e. The summed E-state index contributed by atoms with van der Waals surface area (Å²) in [6.07, 6.45) is 1.46. The summed E-state index contributed by atoms with van der Waals surface area (Å²) in [5.74, 6) is -0.683. The Labute approximate surface area is 172 Å². The Hall–Kier alpha value is -4.14. The van der Waals surface area contributed by atoms with Gasteiger partial charge in [-0.2, -0.15) is 0 Å². The number of tetrazole rings is 1. The van der Waals surface area contributed by atoms with Gasteiger partial charge in [0.1, 0.15) is 6.33 Å². The van der Waals surface area contributed by atoms with Crippen molar-refractivity contribution in [3.63, 3.8) is 0 Å². The van der Waals surface area contributed by atoms with Crippen LogP contribution in [0.25, 0.3) is 16.6 Å². The third-order valence-corrected chi connectivity index (χ3v) is 4.60. The Balaban J connectivity index is 1.50. The van der Waals surface area contributed by atoms with Gasteiger partial charge in [-0.25, -0.2) is 4.68 Å². The number of hydrogen-bond acceptors (Lipinski definition) is 6. The van der Waals surface area contributed by atoms with Crippen LogP contribution in [-0.4, -0.2) is 37.0 Å². The number of carbonyl (C=O) groups is 2. The summed E-state index contributed by atoms with van der Waals surface area (Å²) in [4.78, 5) is 29.8. The van der Waals surface area contributed by atoms with Crippen molar-refractivity contribution in [2.24, 2.45) is 0 Å². The molecule has 0 fully saturated rings. The van der Waals surface area contributed by atoms with Gasteiger partial charge in [-0.15, -0.1) is 5.10 Å². The van der Waals surface area contributed by atoms with Crippen LogP contribution >= 0.6 is 0 Å². The van der Waals surface area contributed by atoms with Crippen molar-refractivity contribution in [3.8, 4) is 5.69 Å². The quantitative estimate of drug-likeness (QED) is 0.508. The number of para-hydroxylation sites is 1. The zero-order valence-electron chi connectivity index (χ0n) is 16.4. The van der Waals surface area contributed by atoms with Gasteiger partial charge in [0.2, 0.25) is 0 Å². The van der Waals surface area contributed by atoms with Gasteiger partial charge >= 0.3 is 0 Å². The summed E-state index contributed by atoms with van der Waals surface area (Å²) in [6, 6.07) is 15.8. The van der Waals surface area contributed by atoms with Crippen molar-refractivity contribution in [3.05, 3.63) is 77.7 Å². The second-order valence-electron chi connectivity index (χ2n) is 6.98. The van der Waals surface area contributed by atoms with Crippen LogP contribution in [0, 0.1) is 0 Å². The molecule has 9 heteroatoms. The van der Waals surface area contributed by atoms with E-state index in [0.717, 1.165) is 16.6 Å². The summed E-state index contributed by atoms with van der Waals surface area (Å²) >= 11 is 0. The number of amides is 2. The van der Waals surface area contributed by atoms with Crippen LogP contribution in [0.5, 0.6) is 0 Å². The maximum atomic E-state index is 12.8. The van der Waals surface area contributed by atoms with Crippen molar-refractivity contribution < 1.29 is 9.59 Å². The third-order valence-electron chi connectivity index (χ3n) is 4.60. The molecule has 0 saturated carbocycles. The summed E-state index contributed by atoms with van der Waals surface area (Å²) in [6.45, 7) is 4.03. The fourth-order valence-electron chi connectivity index (χ4n) is 2.98. The van der Waals surface area contributed by atoms with Gasteiger partial charge < -0.3 is 0 Å². The Bertz CT molecular complexity index is 1200. The molecule has 4 aromatic rings. The highest BCUT2D eigenvalue weighted by molar-refractivity contribution is 6.07. The van der Waals surface area contributed by atoms with E-state index in [0.29, 0.717) is 16.8 Å². The predicted molar refractivity (Wildman–Crippen MR) is 110 cm³/mol. The normalized spacial score (nSPS) is 10.9.